The largest absolute Gasteiger partial charge is 0.329 e. The first-order valence-electron chi connectivity index (χ1n) is 7.32. The van der Waals surface area contributed by atoms with Crippen LogP contribution in [0, 0.1) is 10.7 Å². The molecule has 0 spiro atoms. The number of nitrogens with zero attached hydrogens (tertiary/aromatic N) is 2. The summed E-state index contributed by atoms with van der Waals surface area (Å²) in [5, 5.41) is 0. The fourth-order valence-electron chi connectivity index (χ4n) is 2.40. The van der Waals surface area contributed by atoms with Gasteiger partial charge in [-0.15, -0.1) is 0 Å². The third-order valence-electron chi connectivity index (χ3n) is 3.49. The Hall–Kier alpha value is -0.680. The van der Waals surface area contributed by atoms with Crippen LogP contribution in [0.5, 0.6) is 0 Å². The van der Waals surface area contributed by atoms with E-state index in [9.17, 15) is 0 Å². The number of nitrogens with one attached hydrogen (secondary N) is 1. The highest BCUT2D eigenvalue weighted by Crippen LogP contribution is 2.18. The van der Waals surface area contributed by atoms with Crippen molar-refractivity contribution in [1.82, 2.24) is 14.5 Å². The Labute approximate surface area is 133 Å². The predicted molar refractivity (Wildman–Crippen MR) is 90.5 cm³/mol. The Kier molecular flexibility index (Phi) is 5.78. The number of aromatic amines is 1. The quantitative estimate of drug-likeness (QED) is 0.528. The Morgan fingerprint density at radius 3 is 2.80 bits per heavy atom. The third-order valence-corrected chi connectivity index (χ3v) is 4.25. The van der Waals surface area contributed by atoms with E-state index in [2.05, 4.69) is 44.3 Å². The van der Waals surface area contributed by atoms with Gasteiger partial charge in [0.2, 0.25) is 0 Å². The van der Waals surface area contributed by atoms with Gasteiger partial charge in [-0.3, -0.25) is 0 Å². The van der Waals surface area contributed by atoms with Crippen molar-refractivity contribution < 1.29 is 0 Å². The third kappa shape index (κ3) is 4.16. The first-order chi connectivity index (χ1) is 9.58. The maximum Gasteiger partial charge on any atom is 0.179 e. The number of halogens is 1. The summed E-state index contributed by atoms with van der Waals surface area (Å²) in [5.41, 5.74) is 1.96. The molecule has 0 fully saturated rings. The van der Waals surface area contributed by atoms with Crippen molar-refractivity contribution in [2.45, 2.75) is 52.5 Å². The molecule has 0 aliphatic carbocycles. The normalized spacial score (nSPS) is 11.6. The molecule has 5 heteroatoms. The molecule has 3 nitrogen and oxygen atoms in total. The van der Waals surface area contributed by atoms with Crippen LogP contribution in [0.3, 0.4) is 0 Å². The van der Waals surface area contributed by atoms with Crippen molar-refractivity contribution in [2.24, 2.45) is 5.92 Å². The van der Waals surface area contributed by atoms with Gasteiger partial charge >= 0.3 is 0 Å². The zero-order valence-corrected chi connectivity index (χ0v) is 14.6. The van der Waals surface area contributed by atoms with Crippen LogP contribution >= 0.6 is 28.1 Å². The molecular formula is C15H22BrN3S. The number of aromatic nitrogens is 3. The zero-order valence-electron chi connectivity index (χ0n) is 12.2. The summed E-state index contributed by atoms with van der Waals surface area (Å²) >= 11 is 8.82. The summed E-state index contributed by atoms with van der Waals surface area (Å²) < 4.78 is 3.86. The van der Waals surface area contributed by atoms with Crippen LogP contribution < -0.4 is 0 Å². The fraction of sp³-hybridized carbons (Fsp3) is 0.600. The summed E-state index contributed by atoms with van der Waals surface area (Å²) in [6, 6.07) is 2.03. The van der Waals surface area contributed by atoms with Gasteiger partial charge in [0.25, 0.3) is 0 Å². The zero-order chi connectivity index (χ0) is 14.5. The Morgan fingerprint density at radius 2 is 2.05 bits per heavy atom. The number of H-pyrrole nitrogens is 1. The molecule has 0 bridgehead atoms. The number of fused-ring (bicyclic) bond motifs is 1. The standard InChI is InChI=1S/C15H22BrN3S/c1-11(2)7-5-3-4-6-8-19-14-13(18-15(19)20)9-12(16)10-17-14/h9-11H,3-8H2,1-2H3,(H,18,20). The minimum absolute atomic E-state index is 0.771. The van der Waals surface area contributed by atoms with Gasteiger partial charge in [-0.05, 0) is 46.6 Å². The molecule has 0 aliphatic heterocycles. The number of rotatable bonds is 7. The van der Waals surface area contributed by atoms with Crippen LogP contribution in [0.25, 0.3) is 11.2 Å². The van der Waals surface area contributed by atoms with E-state index in [4.69, 9.17) is 12.2 Å². The molecule has 0 atom stereocenters. The van der Waals surface area contributed by atoms with Crippen molar-refractivity contribution in [2.75, 3.05) is 0 Å². The molecule has 2 aromatic heterocycles. The number of imidazole rings is 1. The molecule has 0 aliphatic rings. The monoisotopic (exact) mass is 355 g/mol. The molecule has 2 heterocycles. The highest BCUT2D eigenvalue weighted by Gasteiger charge is 2.05. The lowest BCUT2D eigenvalue weighted by molar-refractivity contribution is 0.506. The highest BCUT2D eigenvalue weighted by molar-refractivity contribution is 9.10. The number of hydrogen-bond acceptors (Lipinski definition) is 2. The van der Waals surface area contributed by atoms with E-state index in [1.165, 1.54) is 25.7 Å². The molecule has 0 amide bonds. The van der Waals surface area contributed by atoms with Crippen LogP contribution in [0.4, 0.5) is 0 Å². The smallest absolute Gasteiger partial charge is 0.179 e. The first kappa shape index (κ1) is 15.7. The van der Waals surface area contributed by atoms with E-state index in [-0.39, 0.29) is 0 Å². The van der Waals surface area contributed by atoms with Gasteiger partial charge in [-0.2, -0.15) is 0 Å². The predicted octanol–water partition coefficient (Wildman–Crippen LogP) is 5.46. The summed E-state index contributed by atoms with van der Waals surface area (Å²) in [4.78, 5) is 7.68. The summed E-state index contributed by atoms with van der Waals surface area (Å²) in [7, 11) is 0. The Bertz CT molecular complexity index is 615. The summed E-state index contributed by atoms with van der Waals surface area (Å²) in [6.45, 7) is 5.53. The molecular weight excluding hydrogens is 334 g/mol. The van der Waals surface area contributed by atoms with E-state index in [0.717, 1.165) is 39.3 Å². The van der Waals surface area contributed by atoms with Crippen molar-refractivity contribution >= 4 is 39.3 Å². The van der Waals surface area contributed by atoms with E-state index in [1.807, 2.05) is 12.3 Å². The van der Waals surface area contributed by atoms with Crippen LogP contribution in [0.2, 0.25) is 0 Å². The molecule has 110 valence electrons. The second kappa shape index (κ2) is 7.36. The van der Waals surface area contributed by atoms with Gasteiger partial charge in [0.15, 0.2) is 10.4 Å². The van der Waals surface area contributed by atoms with Gasteiger partial charge in [-0.25, -0.2) is 4.98 Å². The van der Waals surface area contributed by atoms with E-state index < -0.39 is 0 Å². The minimum atomic E-state index is 0.771. The van der Waals surface area contributed by atoms with E-state index in [1.54, 1.807) is 0 Å². The molecule has 0 saturated carbocycles. The lowest BCUT2D eigenvalue weighted by Gasteiger charge is -2.05. The van der Waals surface area contributed by atoms with Crippen molar-refractivity contribution in [3.05, 3.63) is 21.5 Å². The SMILES string of the molecule is CC(C)CCCCCCn1c(=S)[nH]c2cc(Br)cnc21. The fourth-order valence-corrected chi connectivity index (χ4v) is 3.02. The summed E-state index contributed by atoms with van der Waals surface area (Å²) in [5.74, 6) is 0.819. The molecule has 2 aromatic rings. The van der Waals surface area contributed by atoms with Crippen molar-refractivity contribution in [3.8, 4) is 0 Å². The highest BCUT2D eigenvalue weighted by atomic mass is 79.9. The van der Waals surface area contributed by atoms with Gasteiger partial charge in [0, 0.05) is 17.2 Å². The van der Waals surface area contributed by atoms with E-state index in [0.29, 0.717) is 0 Å². The number of pyridine rings is 1. The maximum atomic E-state index is 5.38. The first-order valence-corrected chi connectivity index (χ1v) is 8.52. The lowest BCUT2D eigenvalue weighted by atomic mass is 10.0. The van der Waals surface area contributed by atoms with Gasteiger partial charge in [0.05, 0.1) is 5.52 Å². The van der Waals surface area contributed by atoms with Crippen LogP contribution in [0.15, 0.2) is 16.7 Å². The number of hydrogen-bond donors (Lipinski definition) is 1. The second-order valence-electron chi connectivity index (χ2n) is 5.70. The molecule has 0 aromatic carbocycles. The van der Waals surface area contributed by atoms with Crippen LogP contribution in [-0.4, -0.2) is 14.5 Å². The summed E-state index contributed by atoms with van der Waals surface area (Å²) in [6.07, 6.45) is 8.23. The van der Waals surface area contributed by atoms with E-state index >= 15 is 0 Å². The molecule has 0 saturated heterocycles. The Morgan fingerprint density at radius 1 is 1.30 bits per heavy atom. The van der Waals surface area contributed by atoms with Crippen LogP contribution in [0.1, 0.15) is 46.0 Å². The minimum Gasteiger partial charge on any atom is -0.329 e. The maximum absolute atomic E-state index is 5.38. The topological polar surface area (TPSA) is 33.6 Å². The van der Waals surface area contributed by atoms with Gasteiger partial charge in [-0.1, -0.05) is 39.5 Å². The molecule has 1 N–H and O–H groups in total. The number of unbranched alkanes of at least 4 members (excludes halogenated alkanes) is 3. The van der Waals surface area contributed by atoms with Crippen molar-refractivity contribution in [1.29, 1.82) is 0 Å². The van der Waals surface area contributed by atoms with Gasteiger partial charge < -0.3 is 9.55 Å². The average Bonchev–Trinajstić information content (AvgIpc) is 2.68. The molecule has 20 heavy (non-hydrogen) atoms. The molecule has 2 rings (SSSR count). The lowest BCUT2D eigenvalue weighted by Crippen LogP contribution is -1.99. The second-order valence-corrected chi connectivity index (χ2v) is 7.01. The van der Waals surface area contributed by atoms with Crippen molar-refractivity contribution in [3.63, 3.8) is 0 Å². The van der Waals surface area contributed by atoms with Gasteiger partial charge in [0.1, 0.15) is 0 Å². The Balaban J connectivity index is 1.90. The average molecular weight is 356 g/mol. The van der Waals surface area contributed by atoms with Crippen LogP contribution in [-0.2, 0) is 6.54 Å². The molecule has 0 radical (unpaired) electrons. The number of aryl methyl sites for hydroxylation is 1. The molecule has 0 unspecified atom stereocenters.